The second-order valence-corrected chi connectivity index (χ2v) is 4.62. The van der Waals surface area contributed by atoms with Crippen LogP contribution in [0.2, 0.25) is 0 Å². The number of aliphatic imine (C=N–C) groups is 1. The first kappa shape index (κ1) is 15.2. The van der Waals surface area contributed by atoms with Gasteiger partial charge < -0.3 is 15.2 Å². The topological polar surface area (TPSA) is 56.8 Å². The number of methoxy groups -OCH3 is 2. The molecule has 0 amide bonds. The molecule has 0 radical (unpaired) electrons. The van der Waals surface area contributed by atoms with Crippen LogP contribution in [0.4, 0.5) is 5.69 Å². The molecule has 0 aromatic heterocycles. The van der Waals surface area contributed by atoms with Crippen molar-refractivity contribution in [3.8, 4) is 22.6 Å². The average molecular weight is 305 g/mol. The smallest absolute Gasteiger partial charge is 0.130 e. The Bertz CT molecular complexity index is 656. The summed E-state index contributed by atoms with van der Waals surface area (Å²) in [5.41, 5.74) is 8.36. The van der Waals surface area contributed by atoms with Gasteiger partial charge in [-0.1, -0.05) is 12.1 Å². The van der Waals surface area contributed by atoms with E-state index in [1.165, 1.54) is 0 Å². The Morgan fingerprint density at radius 2 is 1.95 bits per heavy atom. The summed E-state index contributed by atoms with van der Waals surface area (Å²) in [5, 5.41) is 0. The lowest BCUT2D eigenvalue weighted by atomic mass is 10.0. The Morgan fingerprint density at radius 1 is 1.14 bits per heavy atom. The van der Waals surface area contributed by atoms with Gasteiger partial charge in [0.05, 0.1) is 25.8 Å². The second kappa shape index (κ2) is 6.99. The van der Waals surface area contributed by atoms with E-state index in [9.17, 15) is 0 Å². The highest BCUT2D eigenvalue weighted by Crippen LogP contribution is 2.34. The molecule has 0 aliphatic carbocycles. The molecule has 5 heteroatoms. The van der Waals surface area contributed by atoms with Crippen LogP contribution in [0.15, 0.2) is 47.5 Å². The van der Waals surface area contributed by atoms with Crippen molar-refractivity contribution in [2.24, 2.45) is 10.7 Å². The molecule has 4 nitrogen and oxygen atoms in total. The standard InChI is InChI=1S/C16H17ClN2O2/c1-20-13-6-7-14(15(9-13)21-2)11-4-3-5-12(8-11)19-16(18)10-17/h3-9H,10H2,1-2H3,(H2,18,19). The van der Waals surface area contributed by atoms with Crippen LogP contribution >= 0.6 is 11.6 Å². The molecular formula is C16H17ClN2O2. The normalized spacial score (nSPS) is 11.3. The second-order valence-electron chi connectivity index (χ2n) is 4.35. The third kappa shape index (κ3) is 3.67. The van der Waals surface area contributed by atoms with Crippen molar-refractivity contribution >= 4 is 23.1 Å². The van der Waals surface area contributed by atoms with E-state index in [0.29, 0.717) is 5.84 Å². The predicted octanol–water partition coefficient (Wildman–Crippen LogP) is 3.60. The zero-order valence-corrected chi connectivity index (χ0v) is 12.7. The highest BCUT2D eigenvalue weighted by atomic mass is 35.5. The van der Waals surface area contributed by atoms with E-state index in [1.54, 1.807) is 14.2 Å². The van der Waals surface area contributed by atoms with Gasteiger partial charge in [0, 0.05) is 11.6 Å². The molecule has 0 atom stereocenters. The third-order valence-corrected chi connectivity index (χ3v) is 3.25. The number of hydrogen-bond acceptors (Lipinski definition) is 3. The zero-order chi connectivity index (χ0) is 15.2. The van der Waals surface area contributed by atoms with Crippen molar-refractivity contribution in [2.45, 2.75) is 0 Å². The molecule has 110 valence electrons. The first-order valence-corrected chi connectivity index (χ1v) is 6.93. The SMILES string of the molecule is COc1ccc(-c2cccc(N=C(N)CCl)c2)c(OC)c1. The Labute approximate surface area is 129 Å². The van der Waals surface area contributed by atoms with Gasteiger partial charge in [-0.25, -0.2) is 4.99 Å². The largest absolute Gasteiger partial charge is 0.497 e. The molecule has 0 unspecified atom stereocenters. The van der Waals surface area contributed by atoms with Gasteiger partial charge in [0.15, 0.2) is 0 Å². The van der Waals surface area contributed by atoms with E-state index in [-0.39, 0.29) is 5.88 Å². The summed E-state index contributed by atoms with van der Waals surface area (Å²) in [6.45, 7) is 0. The van der Waals surface area contributed by atoms with Gasteiger partial charge in [0.25, 0.3) is 0 Å². The molecule has 2 aromatic rings. The molecule has 0 aliphatic rings. The number of nitrogens with two attached hydrogens (primary N) is 1. The average Bonchev–Trinajstić information content (AvgIpc) is 2.54. The van der Waals surface area contributed by atoms with E-state index >= 15 is 0 Å². The Kier molecular flexibility index (Phi) is 5.06. The maximum atomic E-state index is 5.66. The van der Waals surface area contributed by atoms with Crippen LogP contribution in [0.3, 0.4) is 0 Å². The fourth-order valence-corrected chi connectivity index (χ4v) is 2.04. The third-order valence-electron chi connectivity index (χ3n) is 2.98. The molecule has 0 saturated heterocycles. The quantitative estimate of drug-likeness (QED) is 0.521. The van der Waals surface area contributed by atoms with E-state index in [0.717, 1.165) is 28.3 Å². The van der Waals surface area contributed by atoms with Crippen molar-refractivity contribution < 1.29 is 9.47 Å². The first-order valence-electron chi connectivity index (χ1n) is 6.39. The van der Waals surface area contributed by atoms with E-state index in [1.807, 2.05) is 42.5 Å². The van der Waals surface area contributed by atoms with Crippen molar-refractivity contribution in [3.63, 3.8) is 0 Å². The number of rotatable bonds is 5. The van der Waals surface area contributed by atoms with Crippen LogP contribution in [-0.2, 0) is 0 Å². The van der Waals surface area contributed by atoms with E-state index in [4.69, 9.17) is 26.8 Å². The maximum Gasteiger partial charge on any atom is 0.130 e. The van der Waals surface area contributed by atoms with Crippen LogP contribution < -0.4 is 15.2 Å². The highest BCUT2D eigenvalue weighted by molar-refractivity contribution is 6.28. The highest BCUT2D eigenvalue weighted by Gasteiger charge is 2.08. The monoisotopic (exact) mass is 304 g/mol. The number of benzene rings is 2. The Hall–Kier alpha value is -2.20. The molecule has 2 aromatic carbocycles. The summed E-state index contributed by atoms with van der Waals surface area (Å²) in [4.78, 5) is 4.25. The van der Waals surface area contributed by atoms with Crippen LogP contribution in [-0.4, -0.2) is 25.9 Å². The van der Waals surface area contributed by atoms with E-state index in [2.05, 4.69) is 4.99 Å². The van der Waals surface area contributed by atoms with Crippen LogP contribution in [0.5, 0.6) is 11.5 Å². The Balaban J connectivity index is 2.45. The molecule has 2 N–H and O–H groups in total. The van der Waals surface area contributed by atoms with Gasteiger partial charge in [-0.15, -0.1) is 11.6 Å². The van der Waals surface area contributed by atoms with Gasteiger partial charge in [-0.05, 0) is 29.8 Å². The number of amidine groups is 1. The Morgan fingerprint density at radius 3 is 2.62 bits per heavy atom. The molecule has 0 saturated carbocycles. The van der Waals surface area contributed by atoms with Gasteiger partial charge in [0.1, 0.15) is 17.3 Å². The fourth-order valence-electron chi connectivity index (χ4n) is 1.98. The lowest BCUT2D eigenvalue weighted by Crippen LogP contribution is -2.12. The maximum absolute atomic E-state index is 5.66. The molecule has 0 fully saturated rings. The molecule has 0 aliphatic heterocycles. The summed E-state index contributed by atoms with van der Waals surface area (Å²) < 4.78 is 10.6. The number of halogens is 1. The minimum atomic E-state index is 0.204. The van der Waals surface area contributed by atoms with Crippen LogP contribution in [0.25, 0.3) is 11.1 Å². The van der Waals surface area contributed by atoms with Crippen LogP contribution in [0, 0.1) is 0 Å². The molecular weight excluding hydrogens is 288 g/mol. The molecule has 0 heterocycles. The summed E-state index contributed by atoms with van der Waals surface area (Å²) in [7, 11) is 3.25. The summed E-state index contributed by atoms with van der Waals surface area (Å²) in [6, 6.07) is 13.4. The minimum Gasteiger partial charge on any atom is -0.497 e. The zero-order valence-electron chi connectivity index (χ0n) is 12.0. The molecule has 2 rings (SSSR count). The van der Waals surface area contributed by atoms with E-state index < -0.39 is 0 Å². The number of hydrogen-bond donors (Lipinski definition) is 1. The summed E-state index contributed by atoms with van der Waals surface area (Å²) in [6.07, 6.45) is 0. The number of alkyl halides is 1. The van der Waals surface area contributed by atoms with Gasteiger partial charge in [-0.3, -0.25) is 0 Å². The molecule has 0 bridgehead atoms. The van der Waals surface area contributed by atoms with Crippen molar-refractivity contribution in [1.82, 2.24) is 0 Å². The predicted molar refractivity (Wildman–Crippen MR) is 87.0 cm³/mol. The van der Waals surface area contributed by atoms with Crippen LogP contribution in [0.1, 0.15) is 0 Å². The lowest BCUT2D eigenvalue weighted by Gasteiger charge is -2.11. The minimum absolute atomic E-state index is 0.204. The van der Waals surface area contributed by atoms with Crippen molar-refractivity contribution in [3.05, 3.63) is 42.5 Å². The number of nitrogens with zero attached hydrogens (tertiary/aromatic N) is 1. The van der Waals surface area contributed by atoms with Gasteiger partial charge in [-0.2, -0.15) is 0 Å². The van der Waals surface area contributed by atoms with Gasteiger partial charge in [0.2, 0.25) is 0 Å². The van der Waals surface area contributed by atoms with Crippen molar-refractivity contribution in [1.29, 1.82) is 0 Å². The molecule has 0 spiro atoms. The molecule has 21 heavy (non-hydrogen) atoms. The lowest BCUT2D eigenvalue weighted by molar-refractivity contribution is 0.395. The summed E-state index contributed by atoms with van der Waals surface area (Å²) in [5.74, 6) is 2.07. The summed E-state index contributed by atoms with van der Waals surface area (Å²) >= 11 is 5.65. The first-order chi connectivity index (χ1) is 10.2. The van der Waals surface area contributed by atoms with Crippen molar-refractivity contribution in [2.75, 3.05) is 20.1 Å². The van der Waals surface area contributed by atoms with Gasteiger partial charge >= 0.3 is 0 Å². The fraction of sp³-hybridized carbons (Fsp3) is 0.188. The number of ether oxygens (including phenoxy) is 2.